The molecule has 2 aliphatic heterocycles. The van der Waals surface area contributed by atoms with E-state index in [1.807, 2.05) is 0 Å². The number of halogens is 3. The van der Waals surface area contributed by atoms with Crippen molar-refractivity contribution in [3.63, 3.8) is 0 Å². The van der Waals surface area contributed by atoms with E-state index in [1.165, 1.54) is 32.4 Å². The van der Waals surface area contributed by atoms with Crippen molar-refractivity contribution >= 4 is 11.9 Å². The molecular formula is C18H24F3N5O3. The second-order valence-electron chi connectivity index (χ2n) is 8.36. The van der Waals surface area contributed by atoms with Crippen LogP contribution in [0.4, 0.5) is 13.2 Å². The Morgan fingerprint density at radius 3 is 2.24 bits per heavy atom. The molecule has 3 heterocycles. The van der Waals surface area contributed by atoms with Crippen LogP contribution in [0.25, 0.3) is 0 Å². The summed E-state index contributed by atoms with van der Waals surface area (Å²) in [5.74, 6) is 0.120. The molecule has 0 radical (unpaired) electrons. The molecule has 2 atom stereocenters. The number of alkyl halides is 3. The number of carboxylic acid groups (broad SMARTS) is 1. The van der Waals surface area contributed by atoms with Crippen molar-refractivity contribution in [2.45, 2.75) is 63.3 Å². The van der Waals surface area contributed by atoms with E-state index in [2.05, 4.69) is 25.0 Å². The third-order valence-electron chi connectivity index (χ3n) is 6.24. The lowest BCUT2D eigenvalue weighted by Crippen LogP contribution is -2.38. The van der Waals surface area contributed by atoms with Crippen LogP contribution in [0.5, 0.6) is 0 Å². The first-order chi connectivity index (χ1) is 13.7. The molecule has 0 bridgehead atoms. The summed E-state index contributed by atoms with van der Waals surface area (Å²) in [6.45, 7) is 3.33. The lowest BCUT2D eigenvalue weighted by Gasteiger charge is -2.34. The number of aromatic nitrogens is 3. The third-order valence-corrected chi connectivity index (χ3v) is 6.24. The molecule has 0 aromatic carbocycles. The van der Waals surface area contributed by atoms with Crippen LogP contribution in [0.1, 0.15) is 48.5 Å². The fraction of sp³-hybridized carbons (Fsp3) is 0.778. The SMILES string of the molecule is O=C(NC1CC1)c1nnc2n1CC1CN(C3CCC3)CC1C2.O=C(O)C(F)(F)F. The predicted octanol–water partition coefficient (Wildman–Crippen LogP) is 1.46. The van der Waals surface area contributed by atoms with Crippen LogP contribution in [0, 0.1) is 11.8 Å². The summed E-state index contributed by atoms with van der Waals surface area (Å²) in [5, 5.41) is 18.6. The van der Waals surface area contributed by atoms with E-state index in [1.54, 1.807) is 0 Å². The van der Waals surface area contributed by atoms with E-state index in [0.717, 1.165) is 37.7 Å². The number of aliphatic carboxylic acids is 1. The van der Waals surface area contributed by atoms with Gasteiger partial charge in [-0.2, -0.15) is 13.2 Å². The Hall–Kier alpha value is -2.17. The maximum atomic E-state index is 12.3. The average Bonchev–Trinajstić information content (AvgIpc) is 3.16. The van der Waals surface area contributed by atoms with Gasteiger partial charge < -0.3 is 15.0 Å². The minimum Gasteiger partial charge on any atom is -0.475 e. The van der Waals surface area contributed by atoms with Crippen LogP contribution in [-0.4, -0.2) is 68.0 Å². The van der Waals surface area contributed by atoms with Gasteiger partial charge in [0.05, 0.1) is 0 Å². The Bertz CT molecular complexity index is 788. The largest absolute Gasteiger partial charge is 0.490 e. The van der Waals surface area contributed by atoms with Crippen molar-refractivity contribution in [2.75, 3.05) is 13.1 Å². The van der Waals surface area contributed by atoms with E-state index in [4.69, 9.17) is 9.90 Å². The molecule has 11 heteroatoms. The van der Waals surface area contributed by atoms with Crippen molar-refractivity contribution in [3.8, 4) is 0 Å². The van der Waals surface area contributed by atoms with E-state index in [-0.39, 0.29) is 5.91 Å². The number of fused-ring (bicyclic) bond motifs is 2. The summed E-state index contributed by atoms with van der Waals surface area (Å²) in [5.41, 5.74) is 0. The first kappa shape index (κ1) is 20.1. The highest BCUT2D eigenvalue weighted by molar-refractivity contribution is 5.91. The second-order valence-corrected chi connectivity index (χ2v) is 8.36. The molecule has 4 aliphatic rings. The summed E-state index contributed by atoms with van der Waals surface area (Å²) in [6, 6.07) is 1.20. The van der Waals surface area contributed by atoms with Gasteiger partial charge in [0.2, 0.25) is 5.82 Å². The first-order valence-electron chi connectivity index (χ1n) is 9.99. The van der Waals surface area contributed by atoms with E-state index < -0.39 is 12.1 Å². The topological polar surface area (TPSA) is 100 Å². The molecule has 160 valence electrons. The highest BCUT2D eigenvalue weighted by Gasteiger charge is 2.42. The van der Waals surface area contributed by atoms with Crippen LogP contribution in [-0.2, 0) is 17.8 Å². The number of amides is 1. The zero-order valence-corrected chi connectivity index (χ0v) is 15.9. The molecule has 0 spiro atoms. The standard InChI is InChI=1S/C16H23N5O.C2HF3O2/c22-16(17-12-4-5-12)15-19-18-14-6-10-7-20(13-2-1-3-13)8-11(10)9-21(14)15;3-2(4,5)1(6)7/h10-13H,1-9H2,(H,17,22);(H,6,7). The van der Waals surface area contributed by atoms with Gasteiger partial charge in [0, 0.05) is 38.1 Å². The molecule has 5 rings (SSSR count). The fourth-order valence-corrected chi connectivity index (χ4v) is 4.26. The molecule has 2 unspecified atom stereocenters. The first-order valence-corrected chi connectivity index (χ1v) is 9.99. The number of carbonyl (C=O) groups excluding carboxylic acids is 1. The van der Waals surface area contributed by atoms with Gasteiger partial charge in [-0.3, -0.25) is 9.69 Å². The number of likely N-dealkylation sites (tertiary alicyclic amines) is 1. The van der Waals surface area contributed by atoms with Crippen LogP contribution < -0.4 is 5.32 Å². The van der Waals surface area contributed by atoms with Crippen molar-refractivity contribution in [2.24, 2.45) is 11.8 Å². The number of nitrogens with one attached hydrogen (secondary N) is 1. The molecule has 2 saturated carbocycles. The molecule has 1 aromatic heterocycles. The lowest BCUT2D eigenvalue weighted by molar-refractivity contribution is -0.192. The number of hydrogen-bond acceptors (Lipinski definition) is 5. The Morgan fingerprint density at radius 2 is 1.69 bits per heavy atom. The van der Waals surface area contributed by atoms with Crippen molar-refractivity contribution in [1.82, 2.24) is 25.0 Å². The van der Waals surface area contributed by atoms with E-state index >= 15 is 0 Å². The highest BCUT2D eigenvalue weighted by atomic mass is 19.4. The van der Waals surface area contributed by atoms with Crippen molar-refractivity contribution in [1.29, 1.82) is 0 Å². The molecule has 1 amide bonds. The Morgan fingerprint density at radius 1 is 1.03 bits per heavy atom. The fourth-order valence-electron chi connectivity index (χ4n) is 4.26. The minimum atomic E-state index is -5.08. The monoisotopic (exact) mass is 415 g/mol. The van der Waals surface area contributed by atoms with Gasteiger partial charge in [0.1, 0.15) is 5.82 Å². The van der Waals surface area contributed by atoms with Crippen LogP contribution in [0.2, 0.25) is 0 Å². The molecule has 29 heavy (non-hydrogen) atoms. The minimum absolute atomic E-state index is 0.0338. The zero-order chi connectivity index (χ0) is 20.8. The summed E-state index contributed by atoms with van der Waals surface area (Å²) in [6.07, 6.45) is 2.26. The van der Waals surface area contributed by atoms with Crippen molar-refractivity contribution in [3.05, 3.63) is 11.6 Å². The van der Waals surface area contributed by atoms with E-state index in [0.29, 0.717) is 23.7 Å². The average molecular weight is 415 g/mol. The Balaban J connectivity index is 0.000000255. The third kappa shape index (κ3) is 4.39. The molecule has 3 fully saturated rings. The summed E-state index contributed by atoms with van der Waals surface area (Å²) >= 11 is 0. The van der Waals surface area contributed by atoms with Gasteiger partial charge in [0.15, 0.2) is 0 Å². The van der Waals surface area contributed by atoms with Gasteiger partial charge >= 0.3 is 12.1 Å². The molecule has 1 saturated heterocycles. The predicted molar refractivity (Wildman–Crippen MR) is 94.1 cm³/mol. The molecule has 8 nitrogen and oxygen atoms in total. The number of carboxylic acids is 1. The van der Waals surface area contributed by atoms with Gasteiger partial charge in [-0.05, 0) is 37.5 Å². The van der Waals surface area contributed by atoms with Crippen molar-refractivity contribution < 1.29 is 27.9 Å². The number of nitrogens with zero attached hydrogens (tertiary/aromatic N) is 4. The van der Waals surface area contributed by atoms with Crippen LogP contribution in [0.3, 0.4) is 0 Å². The quantitative estimate of drug-likeness (QED) is 0.775. The van der Waals surface area contributed by atoms with Gasteiger partial charge in [-0.25, -0.2) is 4.79 Å². The number of carbonyl (C=O) groups is 2. The summed E-state index contributed by atoms with van der Waals surface area (Å²) in [7, 11) is 0. The Labute approximate surface area is 165 Å². The van der Waals surface area contributed by atoms with Gasteiger partial charge in [-0.1, -0.05) is 6.42 Å². The Kier molecular flexibility index (Phi) is 5.26. The maximum Gasteiger partial charge on any atom is 0.490 e. The smallest absolute Gasteiger partial charge is 0.475 e. The van der Waals surface area contributed by atoms with Gasteiger partial charge in [0.25, 0.3) is 5.91 Å². The molecule has 2 aliphatic carbocycles. The number of hydrogen-bond donors (Lipinski definition) is 2. The van der Waals surface area contributed by atoms with Crippen LogP contribution >= 0.6 is 0 Å². The normalized spacial score (nSPS) is 26.6. The highest BCUT2D eigenvalue weighted by Crippen LogP contribution is 2.37. The summed E-state index contributed by atoms with van der Waals surface area (Å²) in [4.78, 5) is 23.9. The van der Waals surface area contributed by atoms with Gasteiger partial charge in [-0.15, -0.1) is 10.2 Å². The molecule has 2 N–H and O–H groups in total. The van der Waals surface area contributed by atoms with Crippen LogP contribution in [0.15, 0.2) is 0 Å². The summed E-state index contributed by atoms with van der Waals surface area (Å²) < 4.78 is 33.8. The molecule has 1 aromatic rings. The lowest BCUT2D eigenvalue weighted by atomic mass is 9.89. The maximum absolute atomic E-state index is 12.3. The zero-order valence-electron chi connectivity index (χ0n) is 15.9. The second kappa shape index (κ2) is 7.58. The number of rotatable bonds is 3. The van der Waals surface area contributed by atoms with E-state index in [9.17, 15) is 18.0 Å². The molecular weight excluding hydrogens is 391 g/mol.